The van der Waals surface area contributed by atoms with Gasteiger partial charge in [0.05, 0.1) is 17.4 Å². The van der Waals surface area contributed by atoms with Crippen molar-refractivity contribution in [2.45, 2.75) is 32.9 Å². The number of rotatable bonds is 6. The van der Waals surface area contributed by atoms with Gasteiger partial charge in [-0.25, -0.2) is 0 Å². The molecule has 0 saturated heterocycles. The van der Waals surface area contributed by atoms with Crippen LogP contribution in [0.1, 0.15) is 34.3 Å². The van der Waals surface area contributed by atoms with Gasteiger partial charge >= 0.3 is 0 Å². The average molecular weight is 342 g/mol. The topological polar surface area (TPSA) is 51.0 Å². The first-order valence-electron chi connectivity index (χ1n) is 7.94. The summed E-state index contributed by atoms with van der Waals surface area (Å²) in [5.41, 5.74) is 4.25. The molecule has 0 radical (unpaired) electrons. The van der Waals surface area contributed by atoms with E-state index in [0.29, 0.717) is 6.54 Å². The van der Waals surface area contributed by atoms with E-state index >= 15 is 0 Å². The summed E-state index contributed by atoms with van der Waals surface area (Å²) < 4.78 is 5.24. The molecule has 0 aliphatic rings. The molecule has 0 saturated carbocycles. The van der Waals surface area contributed by atoms with Crippen LogP contribution >= 0.6 is 11.6 Å². The second-order valence-electron chi connectivity index (χ2n) is 5.82. The van der Waals surface area contributed by atoms with Crippen molar-refractivity contribution in [1.29, 1.82) is 0 Å². The highest BCUT2D eigenvalue weighted by atomic mass is 35.5. The molecule has 0 fully saturated rings. The van der Waals surface area contributed by atoms with Crippen molar-refractivity contribution >= 4 is 11.6 Å². The van der Waals surface area contributed by atoms with Gasteiger partial charge in [0.15, 0.2) is 0 Å². The highest BCUT2D eigenvalue weighted by Gasteiger charge is 2.16. The molecule has 124 valence electrons. The van der Waals surface area contributed by atoms with E-state index in [-0.39, 0.29) is 6.04 Å². The summed E-state index contributed by atoms with van der Waals surface area (Å²) in [6.07, 6.45) is 2.65. The molecule has 0 amide bonds. The normalized spacial score (nSPS) is 12.3. The maximum Gasteiger partial charge on any atom is 0.138 e. The first-order valence-corrected chi connectivity index (χ1v) is 8.32. The fourth-order valence-electron chi connectivity index (χ4n) is 2.70. The number of benzene rings is 1. The van der Waals surface area contributed by atoms with Crippen LogP contribution in [0.2, 0.25) is 5.02 Å². The third-order valence-corrected chi connectivity index (χ3v) is 4.36. The zero-order chi connectivity index (χ0) is 16.9. The smallest absolute Gasteiger partial charge is 0.138 e. The number of aryl methyl sites for hydroxylation is 2. The molecule has 0 aliphatic carbocycles. The standard InChI is InChI=1S/C19H20ClN3O/c1-13-17(14(2)24-23-13)12-22-19(18-5-3-4-10-21-18)11-15-6-8-16(20)9-7-15/h3-10,19,22H,11-12H2,1-2H3/t19-/m1/s1. The second kappa shape index (κ2) is 7.60. The summed E-state index contributed by atoms with van der Waals surface area (Å²) >= 11 is 5.98. The van der Waals surface area contributed by atoms with Gasteiger partial charge in [-0.05, 0) is 50.1 Å². The summed E-state index contributed by atoms with van der Waals surface area (Å²) in [4.78, 5) is 4.51. The van der Waals surface area contributed by atoms with Crippen LogP contribution in [0.3, 0.4) is 0 Å². The summed E-state index contributed by atoms with van der Waals surface area (Å²) in [5.74, 6) is 0.853. The van der Waals surface area contributed by atoms with Crippen molar-refractivity contribution < 1.29 is 4.52 Å². The number of nitrogens with one attached hydrogen (secondary N) is 1. The second-order valence-corrected chi connectivity index (χ2v) is 6.26. The lowest BCUT2D eigenvalue weighted by Crippen LogP contribution is -2.24. The fourth-order valence-corrected chi connectivity index (χ4v) is 2.83. The van der Waals surface area contributed by atoms with Gasteiger partial charge in [-0.3, -0.25) is 4.98 Å². The van der Waals surface area contributed by atoms with Crippen LogP contribution in [-0.2, 0) is 13.0 Å². The summed E-state index contributed by atoms with van der Waals surface area (Å²) in [6.45, 7) is 4.59. The number of aromatic nitrogens is 2. The van der Waals surface area contributed by atoms with E-state index in [1.54, 1.807) is 0 Å². The fraction of sp³-hybridized carbons (Fsp3) is 0.263. The number of nitrogens with zero attached hydrogens (tertiary/aromatic N) is 2. The number of hydrogen-bond acceptors (Lipinski definition) is 4. The van der Waals surface area contributed by atoms with Crippen molar-refractivity contribution in [1.82, 2.24) is 15.5 Å². The van der Waals surface area contributed by atoms with E-state index in [0.717, 1.165) is 34.2 Å². The minimum atomic E-state index is 0.0982. The molecule has 1 N–H and O–H groups in total. The number of halogens is 1. The molecule has 0 bridgehead atoms. The summed E-state index contributed by atoms with van der Waals surface area (Å²) in [6, 6.07) is 14.0. The van der Waals surface area contributed by atoms with Gasteiger partial charge in [0.2, 0.25) is 0 Å². The van der Waals surface area contributed by atoms with E-state index in [9.17, 15) is 0 Å². The van der Waals surface area contributed by atoms with Crippen molar-refractivity contribution in [3.05, 3.63) is 82.0 Å². The quantitative estimate of drug-likeness (QED) is 0.721. The molecular weight excluding hydrogens is 322 g/mol. The maximum atomic E-state index is 5.98. The Bertz CT molecular complexity index is 765. The van der Waals surface area contributed by atoms with Crippen molar-refractivity contribution in [3.8, 4) is 0 Å². The highest BCUT2D eigenvalue weighted by Crippen LogP contribution is 2.20. The number of hydrogen-bond donors (Lipinski definition) is 1. The first kappa shape index (κ1) is 16.7. The Balaban J connectivity index is 1.78. The van der Waals surface area contributed by atoms with E-state index < -0.39 is 0 Å². The Kier molecular flexibility index (Phi) is 5.28. The maximum absolute atomic E-state index is 5.98. The Morgan fingerprint density at radius 3 is 2.54 bits per heavy atom. The molecule has 1 aromatic carbocycles. The Morgan fingerprint density at radius 1 is 1.12 bits per heavy atom. The molecule has 24 heavy (non-hydrogen) atoms. The van der Waals surface area contributed by atoms with Crippen LogP contribution in [0.5, 0.6) is 0 Å². The van der Waals surface area contributed by atoms with Gasteiger partial charge in [0.25, 0.3) is 0 Å². The van der Waals surface area contributed by atoms with Gasteiger partial charge in [-0.2, -0.15) is 0 Å². The van der Waals surface area contributed by atoms with Gasteiger partial charge in [0.1, 0.15) is 5.76 Å². The Morgan fingerprint density at radius 2 is 1.92 bits per heavy atom. The molecule has 3 aromatic rings. The zero-order valence-corrected chi connectivity index (χ0v) is 14.5. The van der Waals surface area contributed by atoms with Gasteiger partial charge < -0.3 is 9.84 Å². The van der Waals surface area contributed by atoms with Crippen molar-refractivity contribution in [3.63, 3.8) is 0 Å². The Labute approximate surface area is 146 Å². The minimum absolute atomic E-state index is 0.0982. The third kappa shape index (κ3) is 4.02. The molecule has 4 nitrogen and oxygen atoms in total. The van der Waals surface area contributed by atoms with Crippen LogP contribution in [0.15, 0.2) is 53.2 Å². The lowest BCUT2D eigenvalue weighted by molar-refractivity contribution is 0.391. The van der Waals surface area contributed by atoms with Gasteiger partial charge in [-0.15, -0.1) is 0 Å². The lowest BCUT2D eigenvalue weighted by Gasteiger charge is -2.18. The molecule has 1 atom stereocenters. The average Bonchev–Trinajstić information content (AvgIpc) is 2.92. The molecule has 0 aliphatic heterocycles. The molecule has 0 spiro atoms. The largest absolute Gasteiger partial charge is 0.361 e. The van der Waals surface area contributed by atoms with E-state index in [2.05, 4.69) is 27.6 Å². The summed E-state index contributed by atoms with van der Waals surface area (Å²) in [5, 5.41) is 8.35. The predicted molar refractivity (Wildman–Crippen MR) is 95.0 cm³/mol. The molecule has 3 rings (SSSR count). The van der Waals surface area contributed by atoms with E-state index in [4.69, 9.17) is 16.1 Å². The predicted octanol–water partition coefficient (Wildman–Crippen LogP) is 4.41. The molecular formula is C19H20ClN3O. The first-order chi connectivity index (χ1) is 11.6. The van der Waals surface area contributed by atoms with Crippen LogP contribution in [0.4, 0.5) is 0 Å². The van der Waals surface area contributed by atoms with E-state index in [1.165, 1.54) is 5.56 Å². The highest BCUT2D eigenvalue weighted by molar-refractivity contribution is 6.30. The monoisotopic (exact) mass is 341 g/mol. The van der Waals surface area contributed by atoms with Gasteiger partial charge in [-0.1, -0.05) is 35.0 Å². The van der Waals surface area contributed by atoms with Gasteiger partial charge in [0, 0.05) is 23.3 Å². The van der Waals surface area contributed by atoms with Crippen molar-refractivity contribution in [2.24, 2.45) is 0 Å². The van der Waals surface area contributed by atoms with E-state index in [1.807, 2.05) is 50.4 Å². The third-order valence-electron chi connectivity index (χ3n) is 4.10. The zero-order valence-electron chi connectivity index (χ0n) is 13.8. The van der Waals surface area contributed by atoms with Crippen LogP contribution in [0.25, 0.3) is 0 Å². The molecule has 2 aromatic heterocycles. The SMILES string of the molecule is Cc1noc(C)c1CN[C@H](Cc1ccc(Cl)cc1)c1ccccn1. The lowest BCUT2D eigenvalue weighted by atomic mass is 10.0. The van der Waals surface area contributed by atoms with Crippen LogP contribution in [-0.4, -0.2) is 10.1 Å². The molecule has 0 unspecified atom stereocenters. The van der Waals surface area contributed by atoms with Crippen molar-refractivity contribution in [2.75, 3.05) is 0 Å². The minimum Gasteiger partial charge on any atom is -0.361 e. The summed E-state index contributed by atoms with van der Waals surface area (Å²) in [7, 11) is 0. The van der Waals surface area contributed by atoms with Crippen LogP contribution < -0.4 is 5.32 Å². The number of pyridine rings is 1. The molecule has 2 heterocycles. The Hall–Kier alpha value is -2.17. The molecule has 5 heteroatoms. The van der Waals surface area contributed by atoms with Crippen LogP contribution in [0, 0.1) is 13.8 Å².